The second kappa shape index (κ2) is 3.89. The molecular weight excluding hydrogens is 291 g/mol. The zero-order valence-electron chi connectivity index (χ0n) is 8.99. The lowest BCUT2D eigenvalue weighted by Gasteiger charge is -2.07. The van der Waals surface area contributed by atoms with Crippen LogP contribution in [0, 0.1) is 0 Å². The summed E-state index contributed by atoms with van der Waals surface area (Å²) in [6, 6.07) is 4.70. The molecule has 0 radical (unpaired) electrons. The predicted molar refractivity (Wildman–Crippen MR) is 61.0 cm³/mol. The minimum atomic E-state index is -4.55. The molecule has 3 nitrogen and oxygen atoms in total. The summed E-state index contributed by atoms with van der Waals surface area (Å²) in [5.41, 5.74) is -0.769. The van der Waals surface area contributed by atoms with Crippen molar-refractivity contribution < 1.29 is 21.6 Å². The summed E-state index contributed by atoms with van der Waals surface area (Å²) in [6.07, 6.45) is -4.55. The Labute approximate surface area is 105 Å². The van der Waals surface area contributed by atoms with E-state index >= 15 is 0 Å². The van der Waals surface area contributed by atoms with Gasteiger partial charge in [-0.15, -0.1) is 0 Å². The smallest absolute Gasteiger partial charge is 0.340 e. The van der Waals surface area contributed by atoms with Crippen molar-refractivity contribution in [2.45, 2.75) is 11.1 Å². The van der Waals surface area contributed by atoms with Gasteiger partial charge in [0.05, 0.1) is 4.90 Å². The van der Waals surface area contributed by atoms with Crippen LogP contribution in [0.15, 0.2) is 29.2 Å². The lowest BCUT2D eigenvalue weighted by atomic mass is 10.2. The zero-order chi connectivity index (χ0) is 13.7. The Morgan fingerprint density at radius 3 is 2.39 bits per heavy atom. The van der Waals surface area contributed by atoms with E-state index in [1.807, 2.05) is 0 Å². The van der Waals surface area contributed by atoms with Crippen molar-refractivity contribution in [2.75, 3.05) is 0 Å². The number of aromatic nitrogens is 1. The fourth-order valence-electron chi connectivity index (χ4n) is 1.82. The van der Waals surface area contributed by atoms with Crippen LogP contribution in [-0.2, 0) is 22.3 Å². The van der Waals surface area contributed by atoms with Gasteiger partial charge < -0.3 is 4.57 Å². The van der Waals surface area contributed by atoms with Gasteiger partial charge in [-0.25, -0.2) is 8.42 Å². The summed E-state index contributed by atoms with van der Waals surface area (Å²) in [5.74, 6) is 0. The molecule has 0 aliphatic heterocycles. The van der Waals surface area contributed by atoms with E-state index in [0.717, 1.165) is 10.6 Å². The summed E-state index contributed by atoms with van der Waals surface area (Å²) >= 11 is 0. The molecule has 0 atom stereocenters. The Morgan fingerprint density at radius 2 is 1.89 bits per heavy atom. The first-order valence-electron chi connectivity index (χ1n) is 4.72. The fourth-order valence-corrected chi connectivity index (χ4v) is 2.89. The van der Waals surface area contributed by atoms with Crippen LogP contribution in [0.1, 0.15) is 5.69 Å². The van der Waals surface area contributed by atoms with Crippen LogP contribution < -0.4 is 0 Å². The Morgan fingerprint density at radius 1 is 1.28 bits per heavy atom. The van der Waals surface area contributed by atoms with Crippen molar-refractivity contribution in [1.29, 1.82) is 0 Å². The quantitative estimate of drug-likeness (QED) is 0.759. The van der Waals surface area contributed by atoms with Gasteiger partial charge in [0.15, 0.2) is 0 Å². The van der Waals surface area contributed by atoms with Crippen LogP contribution in [0.4, 0.5) is 13.2 Å². The van der Waals surface area contributed by atoms with Gasteiger partial charge in [0.1, 0.15) is 5.69 Å². The molecule has 2 aromatic rings. The van der Waals surface area contributed by atoms with Crippen molar-refractivity contribution >= 4 is 30.6 Å². The average Bonchev–Trinajstić information content (AvgIpc) is 2.54. The third kappa shape index (κ3) is 2.08. The van der Waals surface area contributed by atoms with Crippen LogP contribution in [0.3, 0.4) is 0 Å². The number of aryl methyl sites for hydroxylation is 1. The average molecular weight is 298 g/mol. The number of rotatable bonds is 1. The van der Waals surface area contributed by atoms with Crippen LogP contribution in [0.5, 0.6) is 0 Å². The predicted octanol–water partition coefficient (Wildman–Crippen LogP) is 3.12. The van der Waals surface area contributed by atoms with E-state index in [2.05, 4.69) is 0 Å². The second-order valence-corrected chi connectivity index (χ2v) is 6.25. The normalized spacial score (nSPS) is 13.2. The van der Waals surface area contributed by atoms with Gasteiger partial charge in [-0.2, -0.15) is 13.2 Å². The van der Waals surface area contributed by atoms with Gasteiger partial charge in [-0.3, -0.25) is 0 Å². The molecule has 1 heterocycles. The van der Waals surface area contributed by atoms with Crippen molar-refractivity contribution in [1.82, 2.24) is 4.57 Å². The molecule has 0 amide bonds. The molecule has 0 aliphatic rings. The van der Waals surface area contributed by atoms with E-state index in [4.69, 9.17) is 10.7 Å². The lowest BCUT2D eigenvalue weighted by Crippen LogP contribution is -2.10. The fraction of sp³-hybridized carbons (Fsp3) is 0.200. The van der Waals surface area contributed by atoms with E-state index in [0.29, 0.717) is 0 Å². The molecule has 1 aromatic heterocycles. The highest BCUT2D eigenvalue weighted by Gasteiger charge is 2.35. The van der Waals surface area contributed by atoms with Gasteiger partial charge >= 0.3 is 6.18 Å². The van der Waals surface area contributed by atoms with E-state index in [1.165, 1.54) is 25.2 Å². The zero-order valence-corrected chi connectivity index (χ0v) is 10.6. The molecule has 0 bridgehead atoms. The number of halogens is 4. The number of hydrogen-bond donors (Lipinski definition) is 0. The number of hydrogen-bond acceptors (Lipinski definition) is 2. The van der Waals surface area contributed by atoms with Gasteiger partial charge in [0.2, 0.25) is 0 Å². The summed E-state index contributed by atoms with van der Waals surface area (Å²) in [6.45, 7) is 0. The van der Waals surface area contributed by atoms with Gasteiger partial charge in [0.25, 0.3) is 9.05 Å². The van der Waals surface area contributed by atoms with E-state index in [9.17, 15) is 21.6 Å². The first-order valence-corrected chi connectivity index (χ1v) is 7.03. The summed E-state index contributed by atoms with van der Waals surface area (Å²) in [5, 5.41) is -0.0395. The molecule has 1 aromatic carbocycles. The monoisotopic (exact) mass is 297 g/mol. The number of nitrogens with zero attached hydrogens (tertiary/aromatic N) is 1. The summed E-state index contributed by atoms with van der Waals surface area (Å²) in [7, 11) is 2.33. The molecule has 18 heavy (non-hydrogen) atoms. The Bertz CT molecular complexity index is 719. The number of fused-ring (bicyclic) bond motifs is 1. The minimum absolute atomic E-state index is 0.0395. The van der Waals surface area contributed by atoms with Crippen molar-refractivity contribution in [2.24, 2.45) is 7.05 Å². The highest BCUT2D eigenvalue weighted by Crippen LogP contribution is 2.35. The Kier molecular flexibility index (Phi) is 2.86. The largest absolute Gasteiger partial charge is 0.431 e. The molecule has 0 saturated heterocycles. The van der Waals surface area contributed by atoms with Gasteiger partial charge in [-0.05, 0) is 18.2 Å². The van der Waals surface area contributed by atoms with Crippen molar-refractivity contribution in [3.05, 3.63) is 30.0 Å². The maximum atomic E-state index is 12.7. The molecule has 98 valence electrons. The molecule has 2 rings (SSSR count). The number of alkyl halides is 3. The maximum Gasteiger partial charge on any atom is 0.431 e. The molecule has 0 unspecified atom stereocenters. The summed E-state index contributed by atoms with van der Waals surface area (Å²) < 4.78 is 61.6. The molecule has 0 aliphatic carbocycles. The van der Waals surface area contributed by atoms with Crippen LogP contribution in [0.25, 0.3) is 10.9 Å². The third-order valence-corrected chi connectivity index (χ3v) is 3.98. The van der Waals surface area contributed by atoms with E-state index < -0.39 is 20.9 Å². The van der Waals surface area contributed by atoms with Gasteiger partial charge in [0, 0.05) is 28.6 Å². The third-order valence-electron chi connectivity index (χ3n) is 2.60. The molecule has 0 saturated carbocycles. The van der Waals surface area contributed by atoms with Crippen LogP contribution >= 0.6 is 10.7 Å². The van der Waals surface area contributed by atoms with E-state index in [1.54, 1.807) is 0 Å². The maximum absolute atomic E-state index is 12.7. The highest BCUT2D eigenvalue weighted by molar-refractivity contribution is 8.14. The standard InChI is InChI=1S/C10H7ClF3NO2S/c1-15-7-3-2-4-8(18(11,16)17)6(7)5-9(15)10(12,13)14/h2-5H,1H3. The molecular formula is C10H7ClF3NO2S. The Hall–Kier alpha value is -1.21. The van der Waals surface area contributed by atoms with E-state index in [-0.39, 0.29) is 15.8 Å². The lowest BCUT2D eigenvalue weighted by molar-refractivity contribution is -0.142. The van der Waals surface area contributed by atoms with Crippen LogP contribution in [0.2, 0.25) is 0 Å². The number of benzene rings is 1. The first kappa shape index (κ1) is 13.2. The highest BCUT2D eigenvalue weighted by atomic mass is 35.7. The second-order valence-electron chi connectivity index (χ2n) is 3.71. The van der Waals surface area contributed by atoms with Crippen molar-refractivity contribution in [3.63, 3.8) is 0 Å². The SMILES string of the molecule is Cn1c(C(F)(F)F)cc2c(S(=O)(=O)Cl)cccc21. The first-order chi connectivity index (χ1) is 8.12. The van der Waals surface area contributed by atoms with Crippen LogP contribution in [-0.4, -0.2) is 13.0 Å². The topological polar surface area (TPSA) is 39.1 Å². The van der Waals surface area contributed by atoms with Crippen molar-refractivity contribution in [3.8, 4) is 0 Å². The molecule has 0 N–H and O–H groups in total. The molecule has 8 heteroatoms. The summed E-state index contributed by atoms with van der Waals surface area (Å²) in [4.78, 5) is -0.326. The minimum Gasteiger partial charge on any atom is -0.340 e. The van der Waals surface area contributed by atoms with Gasteiger partial charge in [-0.1, -0.05) is 6.07 Å². The Balaban J connectivity index is 2.90. The molecule has 0 spiro atoms. The molecule has 0 fully saturated rings.